The van der Waals surface area contributed by atoms with E-state index in [1.807, 2.05) is 36.7 Å². The minimum atomic E-state index is -0.241. The molecule has 0 aliphatic carbocycles. The molecule has 4 rings (SSSR count). The lowest BCUT2D eigenvalue weighted by Gasteiger charge is -2.31. The molecule has 36 heavy (non-hydrogen) atoms. The summed E-state index contributed by atoms with van der Waals surface area (Å²) in [5, 5.41) is 8.31. The number of fused-ring (bicyclic) bond motifs is 1. The van der Waals surface area contributed by atoms with Crippen LogP contribution in [0.2, 0.25) is 0 Å². The number of hydrogen-bond donors (Lipinski definition) is 1. The molecule has 0 unspecified atom stereocenters. The summed E-state index contributed by atoms with van der Waals surface area (Å²) in [4.78, 5) is 20.7. The first-order valence-electron chi connectivity index (χ1n) is 12.8. The van der Waals surface area contributed by atoms with Crippen LogP contribution in [-0.4, -0.2) is 60.2 Å². The van der Waals surface area contributed by atoms with Gasteiger partial charge in [-0.05, 0) is 39.7 Å². The monoisotopic (exact) mass is 495 g/mol. The van der Waals surface area contributed by atoms with E-state index in [0.29, 0.717) is 54.8 Å². The Balaban J connectivity index is 1.76. The number of rotatable bonds is 9. The van der Waals surface area contributed by atoms with Gasteiger partial charge in [-0.1, -0.05) is 13.8 Å². The van der Waals surface area contributed by atoms with Crippen LogP contribution in [-0.2, 0) is 4.74 Å². The van der Waals surface area contributed by atoms with Crippen molar-refractivity contribution in [3.8, 4) is 11.5 Å². The van der Waals surface area contributed by atoms with E-state index < -0.39 is 0 Å². The number of morpholine rings is 1. The molecule has 1 N–H and O–H groups in total. The molecule has 0 bridgehead atoms. The molecular weight excluding hydrogens is 458 g/mol. The summed E-state index contributed by atoms with van der Waals surface area (Å²) in [6.45, 7) is 16.0. The molecule has 3 aromatic rings. The highest BCUT2D eigenvalue weighted by Gasteiger charge is 2.23. The minimum Gasteiger partial charge on any atom is -0.492 e. The lowest BCUT2D eigenvalue weighted by molar-refractivity contribution is 0.102. The van der Waals surface area contributed by atoms with E-state index in [1.165, 1.54) is 0 Å². The number of ether oxygens (including phenoxy) is 3. The number of hydrogen-bond acceptors (Lipinski definition) is 7. The van der Waals surface area contributed by atoms with E-state index in [9.17, 15) is 4.79 Å². The van der Waals surface area contributed by atoms with Crippen LogP contribution in [0.4, 0.5) is 11.4 Å². The van der Waals surface area contributed by atoms with E-state index in [2.05, 4.69) is 43.0 Å². The molecule has 2 aromatic heterocycles. The first-order valence-corrected chi connectivity index (χ1v) is 12.8. The zero-order valence-electron chi connectivity index (χ0n) is 22.1. The lowest BCUT2D eigenvalue weighted by Crippen LogP contribution is -2.36. The van der Waals surface area contributed by atoms with Crippen molar-refractivity contribution >= 4 is 28.3 Å². The second-order valence-electron chi connectivity index (χ2n) is 9.41. The Kier molecular flexibility index (Phi) is 7.98. The maximum Gasteiger partial charge on any atom is 0.256 e. The fraction of sp³-hybridized carbons (Fsp3) is 0.519. The standard InChI is InChI=1S/C27H37N5O4/c1-7-35-24-15-23(31-9-11-34-12-10-31)25(36-8-2)14-22(24)30-27(33)19-13-21(17(3)4)29-26-20(19)16-28-32(26)18(5)6/h13-18H,7-12H2,1-6H3,(H,30,33). The predicted octanol–water partition coefficient (Wildman–Crippen LogP) is 5.02. The van der Waals surface area contributed by atoms with E-state index in [0.717, 1.165) is 29.9 Å². The Morgan fingerprint density at radius 3 is 2.39 bits per heavy atom. The number of carbonyl (C=O) groups excluding carboxylic acids is 1. The summed E-state index contributed by atoms with van der Waals surface area (Å²) in [7, 11) is 0. The molecule has 1 aromatic carbocycles. The molecule has 0 saturated carbocycles. The minimum absolute atomic E-state index is 0.124. The highest BCUT2D eigenvalue weighted by atomic mass is 16.5. The van der Waals surface area contributed by atoms with Gasteiger partial charge < -0.3 is 24.4 Å². The van der Waals surface area contributed by atoms with Crippen molar-refractivity contribution in [3.63, 3.8) is 0 Å². The van der Waals surface area contributed by atoms with Gasteiger partial charge >= 0.3 is 0 Å². The average Bonchev–Trinajstić information content (AvgIpc) is 3.30. The van der Waals surface area contributed by atoms with Gasteiger partial charge in [0.05, 0.1) is 54.9 Å². The average molecular weight is 496 g/mol. The molecule has 0 radical (unpaired) electrons. The van der Waals surface area contributed by atoms with Crippen LogP contribution in [0.25, 0.3) is 11.0 Å². The zero-order valence-corrected chi connectivity index (χ0v) is 22.1. The van der Waals surface area contributed by atoms with Gasteiger partial charge in [-0.25, -0.2) is 9.67 Å². The molecule has 0 atom stereocenters. The van der Waals surface area contributed by atoms with E-state index in [-0.39, 0.29) is 17.9 Å². The number of benzene rings is 1. The van der Waals surface area contributed by atoms with Gasteiger partial charge in [0.1, 0.15) is 11.5 Å². The van der Waals surface area contributed by atoms with Crippen molar-refractivity contribution in [1.29, 1.82) is 0 Å². The Labute approximate surface area is 212 Å². The van der Waals surface area contributed by atoms with Crippen LogP contribution in [0.1, 0.15) is 69.6 Å². The van der Waals surface area contributed by atoms with Crippen molar-refractivity contribution in [2.24, 2.45) is 0 Å². The van der Waals surface area contributed by atoms with Crippen molar-refractivity contribution in [2.45, 2.75) is 53.5 Å². The second kappa shape index (κ2) is 11.2. The Hall–Kier alpha value is -3.33. The summed E-state index contributed by atoms with van der Waals surface area (Å²) in [6, 6.07) is 5.80. The third-order valence-electron chi connectivity index (χ3n) is 6.17. The maximum atomic E-state index is 13.7. The number of pyridine rings is 1. The summed E-state index contributed by atoms with van der Waals surface area (Å²) >= 11 is 0. The number of nitrogens with zero attached hydrogens (tertiary/aromatic N) is 4. The largest absolute Gasteiger partial charge is 0.492 e. The summed E-state index contributed by atoms with van der Waals surface area (Å²) in [5.41, 5.74) is 3.60. The summed E-state index contributed by atoms with van der Waals surface area (Å²) in [6.07, 6.45) is 1.72. The van der Waals surface area contributed by atoms with Crippen LogP contribution in [0.3, 0.4) is 0 Å². The van der Waals surface area contributed by atoms with Crippen LogP contribution < -0.4 is 19.7 Å². The molecule has 1 amide bonds. The summed E-state index contributed by atoms with van der Waals surface area (Å²) in [5.74, 6) is 1.22. The van der Waals surface area contributed by atoms with Gasteiger partial charge in [0.2, 0.25) is 0 Å². The third-order valence-corrected chi connectivity index (χ3v) is 6.17. The SMILES string of the molecule is CCOc1cc(N2CCOCC2)c(OCC)cc1NC(=O)c1cc(C(C)C)nc2c1cnn2C(C)C. The Bertz CT molecular complexity index is 1210. The lowest BCUT2D eigenvalue weighted by atomic mass is 10.0. The quantitative estimate of drug-likeness (QED) is 0.446. The van der Waals surface area contributed by atoms with Crippen LogP contribution in [0.5, 0.6) is 11.5 Å². The Morgan fingerprint density at radius 2 is 1.75 bits per heavy atom. The fourth-order valence-corrected chi connectivity index (χ4v) is 4.33. The smallest absolute Gasteiger partial charge is 0.256 e. The normalized spacial score (nSPS) is 14.1. The molecular formula is C27H37N5O4. The molecule has 0 spiro atoms. The number of anilines is 2. The van der Waals surface area contributed by atoms with Crippen LogP contribution in [0.15, 0.2) is 24.4 Å². The molecule has 1 fully saturated rings. The fourth-order valence-electron chi connectivity index (χ4n) is 4.33. The predicted molar refractivity (Wildman–Crippen MR) is 142 cm³/mol. The number of nitrogens with one attached hydrogen (secondary N) is 1. The third kappa shape index (κ3) is 5.26. The highest BCUT2D eigenvalue weighted by Crippen LogP contribution is 2.40. The molecule has 1 saturated heterocycles. The first-order chi connectivity index (χ1) is 17.3. The van der Waals surface area contributed by atoms with Crippen molar-refractivity contribution in [2.75, 3.05) is 49.7 Å². The molecule has 1 aliphatic heterocycles. The van der Waals surface area contributed by atoms with Crippen molar-refractivity contribution < 1.29 is 19.0 Å². The van der Waals surface area contributed by atoms with Crippen molar-refractivity contribution in [3.05, 3.63) is 35.7 Å². The van der Waals surface area contributed by atoms with Gasteiger partial charge in [-0.2, -0.15) is 5.10 Å². The van der Waals surface area contributed by atoms with E-state index >= 15 is 0 Å². The zero-order chi connectivity index (χ0) is 25.8. The maximum absolute atomic E-state index is 13.7. The first kappa shape index (κ1) is 25.8. The van der Waals surface area contributed by atoms with Gasteiger partial charge in [0.25, 0.3) is 5.91 Å². The van der Waals surface area contributed by atoms with E-state index in [1.54, 1.807) is 6.20 Å². The number of aromatic nitrogens is 3. The van der Waals surface area contributed by atoms with Gasteiger partial charge in [-0.3, -0.25) is 4.79 Å². The number of amides is 1. The van der Waals surface area contributed by atoms with E-state index in [4.69, 9.17) is 19.2 Å². The topological polar surface area (TPSA) is 90.7 Å². The van der Waals surface area contributed by atoms with Crippen molar-refractivity contribution in [1.82, 2.24) is 14.8 Å². The van der Waals surface area contributed by atoms with Gasteiger partial charge in [0, 0.05) is 37.0 Å². The Morgan fingerprint density at radius 1 is 1.06 bits per heavy atom. The molecule has 1 aliphatic rings. The highest BCUT2D eigenvalue weighted by molar-refractivity contribution is 6.12. The molecule has 194 valence electrons. The second-order valence-corrected chi connectivity index (χ2v) is 9.41. The van der Waals surface area contributed by atoms with Gasteiger partial charge in [-0.15, -0.1) is 0 Å². The number of carbonyl (C=O) groups is 1. The van der Waals surface area contributed by atoms with Gasteiger partial charge in [0.15, 0.2) is 5.65 Å². The molecule has 3 heterocycles. The van der Waals surface area contributed by atoms with Crippen LogP contribution in [0, 0.1) is 0 Å². The molecule has 9 heteroatoms. The molecule has 9 nitrogen and oxygen atoms in total. The van der Waals surface area contributed by atoms with Crippen LogP contribution >= 0.6 is 0 Å². The summed E-state index contributed by atoms with van der Waals surface area (Å²) < 4.78 is 19.3.